The van der Waals surface area contributed by atoms with Crippen LogP contribution in [0.25, 0.3) is 12.2 Å². The Labute approximate surface area is 189 Å². The van der Waals surface area contributed by atoms with Crippen molar-refractivity contribution >= 4 is 47.0 Å². The Bertz CT molecular complexity index is 1360. The van der Waals surface area contributed by atoms with E-state index in [0.29, 0.717) is 10.6 Å². The van der Waals surface area contributed by atoms with Crippen molar-refractivity contribution in [1.29, 1.82) is 0 Å². The van der Waals surface area contributed by atoms with E-state index in [1.807, 2.05) is 0 Å². The normalized spacial score (nSPS) is 10.8. The number of hydrogen-bond donors (Lipinski definition) is 2. The van der Waals surface area contributed by atoms with Crippen LogP contribution in [0.5, 0.6) is 11.5 Å². The minimum Gasteiger partial charge on any atom is -0.493 e. The van der Waals surface area contributed by atoms with Crippen LogP contribution in [0.2, 0.25) is 10.0 Å². The average molecular weight is 478 g/mol. The number of aromatic amines is 2. The SMILES string of the molecule is COc1cc(/C=C/c2[nH]c(=O)[nH]c(=O)c2[N+](=O)[O-])ccc1OC(=O)c1ccc(Cl)cc1Cl. The number of benzene rings is 2. The van der Waals surface area contributed by atoms with Crippen molar-refractivity contribution in [3.63, 3.8) is 0 Å². The van der Waals surface area contributed by atoms with Crippen molar-refractivity contribution in [3.05, 3.63) is 94.2 Å². The topological polar surface area (TPSA) is 144 Å². The molecule has 32 heavy (non-hydrogen) atoms. The lowest BCUT2D eigenvalue weighted by atomic mass is 10.1. The highest BCUT2D eigenvalue weighted by atomic mass is 35.5. The first kappa shape index (κ1) is 22.8. The van der Waals surface area contributed by atoms with Crippen molar-refractivity contribution in [3.8, 4) is 11.5 Å². The molecule has 1 heterocycles. The zero-order chi connectivity index (χ0) is 23.4. The number of carbonyl (C=O) groups is 1. The van der Waals surface area contributed by atoms with Gasteiger partial charge in [0.25, 0.3) is 0 Å². The highest BCUT2D eigenvalue weighted by Gasteiger charge is 2.19. The number of aromatic nitrogens is 2. The Morgan fingerprint density at radius 1 is 1.06 bits per heavy atom. The van der Waals surface area contributed by atoms with Crippen molar-refractivity contribution in [2.45, 2.75) is 0 Å². The quantitative estimate of drug-likeness (QED) is 0.238. The van der Waals surface area contributed by atoms with E-state index in [0.717, 1.165) is 0 Å². The van der Waals surface area contributed by atoms with Crippen LogP contribution in [0.1, 0.15) is 21.6 Å². The zero-order valence-electron chi connectivity index (χ0n) is 16.2. The molecule has 0 radical (unpaired) electrons. The number of esters is 1. The average Bonchev–Trinajstić information content (AvgIpc) is 2.72. The molecule has 0 bridgehead atoms. The fraction of sp³-hybridized carbons (Fsp3) is 0.0500. The molecule has 0 unspecified atom stereocenters. The van der Waals surface area contributed by atoms with Crippen molar-refractivity contribution < 1.29 is 19.2 Å². The molecule has 0 aliphatic carbocycles. The van der Waals surface area contributed by atoms with Crippen molar-refractivity contribution in [2.75, 3.05) is 7.11 Å². The molecule has 0 fully saturated rings. The fourth-order valence-corrected chi connectivity index (χ4v) is 3.15. The van der Waals surface area contributed by atoms with Crippen molar-refractivity contribution in [1.82, 2.24) is 9.97 Å². The van der Waals surface area contributed by atoms with Crippen LogP contribution in [-0.4, -0.2) is 28.0 Å². The van der Waals surface area contributed by atoms with E-state index in [1.54, 1.807) is 4.98 Å². The predicted octanol–water partition coefficient (Wildman–Crippen LogP) is 3.68. The molecule has 3 rings (SSSR count). The first-order valence-electron chi connectivity index (χ1n) is 8.74. The number of methoxy groups -OCH3 is 1. The smallest absolute Gasteiger partial charge is 0.357 e. The van der Waals surface area contributed by atoms with Crippen molar-refractivity contribution in [2.24, 2.45) is 0 Å². The molecule has 0 saturated heterocycles. The molecular weight excluding hydrogens is 465 g/mol. The van der Waals surface area contributed by atoms with E-state index in [4.69, 9.17) is 32.7 Å². The van der Waals surface area contributed by atoms with Gasteiger partial charge in [-0.3, -0.25) is 19.9 Å². The largest absolute Gasteiger partial charge is 0.493 e. The summed E-state index contributed by atoms with van der Waals surface area (Å²) in [4.78, 5) is 49.8. The van der Waals surface area contributed by atoms with E-state index < -0.39 is 27.8 Å². The third-order valence-electron chi connectivity index (χ3n) is 4.11. The van der Waals surface area contributed by atoms with Crippen LogP contribution < -0.4 is 20.7 Å². The van der Waals surface area contributed by atoms with Gasteiger partial charge in [0, 0.05) is 5.02 Å². The number of H-pyrrole nitrogens is 2. The lowest BCUT2D eigenvalue weighted by molar-refractivity contribution is -0.386. The van der Waals surface area contributed by atoms with E-state index in [2.05, 4.69) is 4.98 Å². The molecule has 2 N–H and O–H groups in total. The second kappa shape index (κ2) is 9.50. The molecular formula is C20H13Cl2N3O7. The number of hydrogen-bond acceptors (Lipinski definition) is 7. The van der Waals surface area contributed by atoms with E-state index in [1.165, 1.54) is 55.7 Å². The summed E-state index contributed by atoms with van der Waals surface area (Å²) >= 11 is 11.8. The molecule has 2 aromatic carbocycles. The van der Waals surface area contributed by atoms with Crippen LogP contribution in [-0.2, 0) is 0 Å². The first-order valence-corrected chi connectivity index (χ1v) is 9.49. The zero-order valence-corrected chi connectivity index (χ0v) is 17.7. The Balaban J connectivity index is 1.89. The number of carbonyl (C=O) groups excluding carboxylic acids is 1. The van der Waals surface area contributed by atoms with Gasteiger partial charge in [-0.05, 0) is 42.0 Å². The molecule has 0 atom stereocenters. The first-order chi connectivity index (χ1) is 15.2. The van der Waals surface area contributed by atoms with Gasteiger partial charge in [-0.25, -0.2) is 9.59 Å². The Kier molecular flexibility index (Phi) is 6.76. The van der Waals surface area contributed by atoms with Gasteiger partial charge in [-0.15, -0.1) is 0 Å². The molecule has 0 spiro atoms. The third-order valence-corrected chi connectivity index (χ3v) is 4.66. The molecule has 1 aromatic heterocycles. The van der Waals surface area contributed by atoms with Gasteiger partial charge in [0.15, 0.2) is 11.5 Å². The highest BCUT2D eigenvalue weighted by Crippen LogP contribution is 2.31. The summed E-state index contributed by atoms with van der Waals surface area (Å²) in [5.74, 6) is -0.458. The maximum absolute atomic E-state index is 12.4. The number of rotatable bonds is 6. The summed E-state index contributed by atoms with van der Waals surface area (Å²) in [5.41, 5.74) is -2.52. The second-order valence-corrected chi connectivity index (χ2v) is 7.03. The van der Waals surface area contributed by atoms with Crippen LogP contribution in [0, 0.1) is 10.1 Å². The van der Waals surface area contributed by atoms with Gasteiger partial charge >= 0.3 is 22.9 Å². The molecule has 10 nitrogen and oxygen atoms in total. The minimum atomic E-state index is -1.13. The summed E-state index contributed by atoms with van der Waals surface area (Å²) < 4.78 is 10.6. The van der Waals surface area contributed by atoms with E-state index in [-0.39, 0.29) is 27.8 Å². The maximum Gasteiger partial charge on any atom is 0.357 e. The monoisotopic (exact) mass is 477 g/mol. The third kappa shape index (κ3) is 5.05. The van der Waals surface area contributed by atoms with E-state index >= 15 is 0 Å². The molecule has 0 saturated carbocycles. The molecule has 3 aromatic rings. The van der Waals surface area contributed by atoms with Gasteiger partial charge in [-0.1, -0.05) is 35.3 Å². The highest BCUT2D eigenvalue weighted by molar-refractivity contribution is 6.36. The van der Waals surface area contributed by atoms with Crippen LogP contribution in [0.3, 0.4) is 0 Å². The van der Waals surface area contributed by atoms with Gasteiger partial charge in [0.2, 0.25) is 0 Å². The van der Waals surface area contributed by atoms with Gasteiger partial charge in [0.1, 0.15) is 5.69 Å². The van der Waals surface area contributed by atoms with Crippen LogP contribution in [0.4, 0.5) is 5.69 Å². The van der Waals surface area contributed by atoms with E-state index in [9.17, 15) is 24.5 Å². The minimum absolute atomic E-state index is 0.0937. The second-order valence-electron chi connectivity index (χ2n) is 6.18. The summed E-state index contributed by atoms with van der Waals surface area (Å²) in [6, 6.07) is 8.78. The molecule has 164 valence electrons. The summed E-state index contributed by atoms with van der Waals surface area (Å²) in [5, 5.41) is 11.6. The molecule has 0 aliphatic rings. The number of ether oxygens (including phenoxy) is 2. The molecule has 12 heteroatoms. The molecule has 0 aliphatic heterocycles. The standard InChI is InChI=1S/C20H13Cl2N3O7/c1-31-16-8-10(2-6-14-17(25(29)30)18(26)24-20(28)23-14)3-7-15(16)32-19(27)12-5-4-11(21)9-13(12)22/h2-9H,1H3,(H2,23,24,26,28)/b6-2+. The lowest BCUT2D eigenvalue weighted by Crippen LogP contribution is -2.25. The number of nitrogens with zero attached hydrogens (tertiary/aromatic N) is 1. The number of nitro groups is 1. The summed E-state index contributed by atoms with van der Waals surface area (Å²) in [6.07, 6.45) is 2.60. The van der Waals surface area contributed by atoms with Crippen LogP contribution >= 0.6 is 23.2 Å². The van der Waals surface area contributed by atoms with Gasteiger partial charge in [0.05, 0.1) is 22.6 Å². The molecule has 0 amide bonds. The maximum atomic E-state index is 12.4. The Morgan fingerprint density at radius 2 is 1.81 bits per heavy atom. The number of halogens is 2. The predicted molar refractivity (Wildman–Crippen MR) is 118 cm³/mol. The van der Waals surface area contributed by atoms with Gasteiger partial charge < -0.3 is 14.5 Å². The van der Waals surface area contributed by atoms with Crippen LogP contribution in [0.15, 0.2) is 46.0 Å². The van der Waals surface area contributed by atoms with Gasteiger partial charge in [-0.2, -0.15) is 0 Å². The lowest BCUT2D eigenvalue weighted by Gasteiger charge is -2.11. The number of nitrogens with one attached hydrogen (secondary N) is 2. The Morgan fingerprint density at radius 3 is 2.47 bits per heavy atom. The Hall–Kier alpha value is -3.89. The summed E-state index contributed by atoms with van der Waals surface area (Å²) in [7, 11) is 1.36. The summed E-state index contributed by atoms with van der Waals surface area (Å²) in [6.45, 7) is 0. The fourth-order valence-electron chi connectivity index (χ4n) is 2.66.